The number of hydrogen-bond donors (Lipinski definition) is 0. The van der Waals surface area contributed by atoms with Gasteiger partial charge in [0.05, 0.1) is 0 Å². The maximum absolute atomic E-state index is 6.86. The van der Waals surface area contributed by atoms with Gasteiger partial charge in [0.1, 0.15) is 22.3 Å². The predicted octanol–water partition coefficient (Wildman–Crippen LogP) is 15.3. The highest BCUT2D eigenvalue weighted by Crippen LogP contribution is 2.45. The Morgan fingerprint density at radius 3 is 2.03 bits per heavy atom. The highest BCUT2D eigenvalue weighted by atomic mass is 32.1. The minimum absolute atomic E-state index is 0.588. The molecule has 4 aromatic heterocycles. The molecule has 0 N–H and O–H groups in total. The summed E-state index contributed by atoms with van der Waals surface area (Å²) in [5, 5.41) is 6.95. The summed E-state index contributed by atoms with van der Waals surface area (Å²) in [5.41, 5.74) is 13.1. The van der Waals surface area contributed by atoms with Crippen LogP contribution in [0.25, 0.3) is 127 Å². The minimum atomic E-state index is 0.588. The summed E-state index contributed by atoms with van der Waals surface area (Å²) in [6.07, 6.45) is 6.42. The summed E-state index contributed by atoms with van der Waals surface area (Å²) in [7, 11) is 0. The number of fused-ring (bicyclic) bond motifs is 10. The molecule has 0 fully saturated rings. The normalized spacial score (nSPS) is 12.7. The van der Waals surface area contributed by atoms with E-state index in [-0.39, 0.29) is 0 Å². The highest BCUT2D eigenvalue weighted by Gasteiger charge is 2.22. The van der Waals surface area contributed by atoms with E-state index in [1.165, 1.54) is 31.3 Å². The molecule has 0 aliphatic heterocycles. The fourth-order valence-corrected chi connectivity index (χ4v) is 10.5. The van der Waals surface area contributed by atoms with Crippen LogP contribution in [-0.2, 0) is 6.42 Å². The van der Waals surface area contributed by atoms with Gasteiger partial charge in [0, 0.05) is 64.0 Å². The van der Waals surface area contributed by atoms with Crippen LogP contribution in [0.3, 0.4) is 0 Å². The Morgan fingerprint density at radius 1 is 0.426 bits per heavy atom. The fourth-order valence-electron chi connectivity index (χ4n) is 9.34. The van der Waals surface area contributed by atoms with Crippen molar-refractivity contribution >= 4 is 81.5 Å². The number of rotatable bonds is 5. The molecule has 1 aliphatic carbocycles. The molecule has 6 heteroatoms. The quantitative estimate of drug-likeness (QED) is 0.173. The van der Waals surface area contributed by atoms with E-state index in [2.05, 4.69) is 121 Å². The van der Waals surface area contributed by atoms with E-state index in [4.69, 9.17) is 23.8 Å². The molecule has 0 saturated heterocycles. The van der Waals surface area contributed by atoms with Gasteiger partial charge in [-0.3, -0.25) is 0 Å². The van der Waals surface area contributed by atoms with Crippen molar-refractivity contribution < 1.29 is 8.83 Å². The molecule has 8 aromatic carbocycles. The molecular weight excluding hydrogens is 767 g/mol. The van der Waals surface area contributed by atoms with Crippen LogP contribution >= 0.6 is 11.3 Å². The third-order valence-electron chi connectivity index (χ3n) is 12.2. The van der Waals surface area contributed by atoms with Crippen LogP contribution in [0.5, 0.6) is 0 Å². The minimum Gasteiger partial charge on any atom is -0.456 e. The molecule has 0 atom stereocenters. The van der Waals surface area contributed by atoms with E-state index in [1.807, 2.05) is 65.9 Å². The van der Waals surface area contributed by atoms with E-state index in [0.717, 1.165) is 95.7 Å². The van der Waals surface area contributed by atoms with Crippen molar-refractivity contribution in [2.24, 2.45) is 0 Å². The molecule has 1 aliphatic rings. The molecule has 5 nitrogen and oxygen atoms in total. The van der Waals surface area contributed by atoms with Crippen LogP contribution in [0.15, 0.2) is 179 Å². The second-order valence-electron chi connectivity index (χ2n) is 15.8. The first-order valence-corrected chi connectivity index (χ1v) is 21.5. The van der Waals surface area contributed by atoms with Gasteiger partial charge in [-0.2, -0.15) is 0 Å². The van der Waals surface area contributed by atoms with Crippen molar-refractivity contribution in [3.8, 4) is 56.4 Å². The van der Waals surface area contributed by atoms with Gasteiger partial charge in [-0.05, 0) is 89.2 Å². The number of benzene rings is 8. The van der Waals surface area contributed by atoms with E-state index in [9.17, 15) is 0 Å². The number of thiophene rings is 1. The van der Waals surface area contributed by atoms with E-state index >= 15 is 0 Å². The summed E-state index contributed by atoms with van der Waals surface area (Å²) < 4.78 is 15.7. The lowest BCUT2D eigenvalue weighted by Crippen LogP contribution is -2.03. The third-order valence-corrected chi connectivity index (χ3v) is 13.3. The van der Waals surface area contributed by atoms with Gasteiger partial charge in [-0.1, -0.05) is 127 Å². The van der Waals surface area contributed by atoms with E-state index in [0.29, 0.717) is 17.5 Å². The monoisotopic (exact) mass is 799 g/mol. The second-order valence-corrected chi connectivity index (χ2v) is 16.9. The van der Waals surface area contributed by atoms with Gasteiger partial charge in [0.25, 0.3) is 0 Å². The molecule has 61 heavy (non-hydrogen) atoms. The summed E-state index contributed by atoms with van der Waals surface area (Å²) >= 11 is 1.84. The Morgan fingerprint density at radius 2 is 1.11 bits per heavy atom. The molecule has 0 bridgehead atoms. The van der Waals surface area contributed by atoms with Gasteiger partial charge in [-0.25, -0.2) is 15.0 Å². The van der Waals surface area contributed by atoms with Crippen LogP contribution in [0.4, 0.5) is 0 Å². The van der Waals surface area contributed by atoms with E-state index in [1.54, 1.807) is 0 Å². The third kappa shape index (κ3) is 5.49. The Kier molecular flexibility index (Phi) is 7.53. The van der Waals surface area contributed by atoms with Gasteiger partial charge in [0.2, 0.25) is 0 Å². The molecule has 13 rings (SSSR count). The Bertz CT molecular complexity index is 3780. The van der Waals surface area contributed by atoms with Crippen molar-refractivity contribution in [2.45, 2.75) is 12.8 Å². The smallest absolute Gasteiger partial charge is 0.164 e. The number of allylic oxidation sites excluding steroid dienone is 1. The number of aromatic nitrogens is 3. The Hall–Kier alpha value is -7.67. The lowest BCUT2D eigenvalue weighted by atomic mass is 9.86. The zero-order valence-corrected chi connectivity index (χ0v) is 33.5. The Labute approximate surface area is 353 Å². The molecule has 12 aromatic rings. The SMILES string of the molecule is C1=Cc2cc(-c3nc(-c4ccccc4)nc(-c4ccc5c(c4)oc4ccccc45)n3)cc(-c3cccc4oc5c(-c6ccc7c(c6)sc6ccccc67)cccc5c34)c2CC1. The molecule has 0 spiro atoms. The Balaban J connectivity index is 0.993. The molecular formula is C55H33N3O2S. The van der Waals surface area contributed by atoms with Crippen LogP contribution in [0.1, 0.15) is 17.5 Å². The molecule has 0 amide bonds. The van der Waals surface area contributed by atoms with Gasteiger partial charge in [0.15, 0.2) is 17.5 Å². The molecule has 4 heterocycles. The largest absolute Gasteiger partial charge is 0.456 e. The van der Waals surface area contributed by atoms with Crippen molar-refractivity contribution in [3.05, 3.63) is 181 Å². The summed E-state index contributed by atoms with van der Waals surface area (Å²) in [6, 6.07) is 57.5. The summed E-state index contributed by atoms with van der Waals surface area (Å²) in [6.45, 7) is 0. The zero-order chi connectivity index (χ0) is 40.0. The van der Waals surface area contributed by atoms with Crippen LogP contribution < -0.4 is 0 Å². The van der Waals surface area contributed by atoms with Crippen molar-refractivity contribution in [2.75, 3.05) is 0 Å². The van der Waals surface area contributed by atoms with Gasteiger partial charge >= 0.3 is 0 Å². The van der Waals surface area contributed by atoms with Crippen molar-refractivity contribution in [1.29, 1.82) is 0 Å². The van der Waals surface area contributed by atoms with Crippen LogP contribution in [0, 0.1) is 0 Å². The lowest BCUT2D eigenvalue weighted by molar-refractivity contribution is 0.669. The van der Waals surface area contributed by atoms with Crippen molar-refractivity contribution in [3.63, 3.8) is 0 Å². The maximum atomic E-state index is 6.86. The molecule has 0 unspecified atom stereocenters. The number of para-hydroxylation sites is 2. The summed E-state index contributed by atoms with van der Waals surface area (Å²) in [5.74, 6) is 1.81. The van der Waals surface area contributed by atoms with Crippen molar-refractivity contribution in [1.82, 2.24) is 15.0 Å². The first-order valence-electron chi connectivity index (χ1n) is 20.6. The molecule has 0 saturated carbocycles. The topological polar surface area (TPSA) is 65.0 Å². The zero-order valence-electron chi connectivity index (χ0n) is 32.7. The van der Waals surface area contributed by atoms with Gasteiger partial charge < -0.3 is 8.83 Å². The highest BCUT2D eigenvalue weighted by molar-refractivity contribution is 7.25. The number of nitrogens with zero attached hydrogens (tertiary/aromatic N) is 3. The molecule has 286 valence electrons. The van der Waals surface area contributed by atoms with Crippen LogP contribution in [-0.4, -0.2) is 15.0 Å². The predicted molar refractivity (Wildman–Crippen MR) is 252 cm³/mol. The van der Waals surface area contributed by atoms with Gasteiger partial charge in [-0.15, -0.1) is 11.3 Å². The first kappa shape index (κ1) is 34.2. The molecule has 0 radical (unpaired) electrons. The lowest BCUT2D eigenvalue weighted by Gasteiger charge is -2.19. The standard InChI is InChI=1S/C55H33N3O2S/c1-2-12-32(13-3-1)53-56-54(35-25-26-40-39-16-6-8-21-46(39)59-48(40)30-35)58-55(57-53)36-28-33-14-4-5-15-37(33)45(29-36)43-19-11-22-47-51(43)44-20-10-18-38(52(44)60-47)34-24-27-42-41-17-7-9-23-49(41)61-50(42)31-34/h1-4,6-14,16-31H,5,15H2. The first-order chi connectivity index (χ1) is 30.2. The number of furan rings is 2. The second kappa shape index (κ2) is 13.4. The maximum Gasteiger partial charge on any atom is 0.164 e. The number of hydrogen-bond acceptors (Lipinski definition) is 6. The average molecular weight is 800 g/mol. The fraction of sp³-hybridized carbons (Fsp3) is 0.0364. The van der Waals surface area contributed by atoms with Crippen LogP contribution in [0.2, 0.25) is 0 Å². The summed E-state index contributed by atoms with van der Waals surface area (Å²) in [4.78, 5) is 15.5. The van der Waals surface area contributed by atoms with E-state index < -0.39 is 0 Å². The average Bonchev–Trinajstić information content (AvgIpc) is 4.02.